The largest absolute Gasteiger partial charge is 0.475 e. The third-order valence-corrected chi connectivity index (χ3v) is 5.74. The lowest BCUT2D eigenvalue weighted by atomic mass is 9.88. The second-order valence-corrected chi connectivity index (χ2v) is 7.57. The molecule has 0 aliphatic rings. The Balaban J connectivity index is 1.83. The molecular weight excluding hydrogens is 411 g/mol. The summed E-state index contributed by atoms with van der Waals surface area (Å²) in [6.07, 6.45) is 3.75. The Morgan fingerprint density at radius 1 is 0.862 bits per heavy atom. The molecule has 0 atom stereocenters. The van der Waals surface area contributed by atoms with Gasteiger partial charge in [0.2, 0.25) is 5.76 Å². The molecule has 0 fully saturated rings. The molecule has 5 nitrogen and oxygen atoms in total. The maximum atomic E-state index is 11.4. The van der Waals surface area contributed by atoms with Gasteiger partial charge in [-0.1, -0.05) is 35.3 Å². The topological polar surface area (TPSA) is 82.0 Å². The quantitative estimate of drug-likeness (QED) is 0.310. The van der Waals surface area contributed by atoms with Gasteiger partial charge in [-0.2, -0.15) is 0 Å². The predicted molar refractivity (Wildman–Crippen MR) is 113 cm³/mol. The Labute approximate surface area is 174 Å². The molecule has 2 aromatic carbocycles. The van der Waals surface area contributed by atoms with Crippen LogP contribution in [-0.2, 0) is 0 Å². The van der Waals surface area contributed by atoms with Gasteiger partial charge in [0.05, 0.1) is 16.0 Å². The first-order valence-electron chi connectivity index (χ1n) is 8.88. The lowest BCUT2D eigenvalue weighted by Crippen LogP contribution is -2.02. The van der Waals surface area contributed by atoms with Gasteiger partial charge in [0, 0.05) is 34.2 Å². The number of aromatic nitrogens is 2. The summed E-state index contributed by atoms with van der Waals surface area (Å²) >= 11 is 13.0. The molecular formula is C22H14Cl2N2O3. The van der Waals surface area contributed by atoms with E-state index in [1.807, 2.05) is 48.8 Å². The highest BCUT2D eigenvalue weighted by molar-refractivity contribution is 6.36. The number of hydrogen-bond donors (Lipinski definition) is 3. The first kappa shape index (κ1) is 17.9. The van der Waals surface area contributed by atoms with Gasteiger partial charge >= 0.3 is 5.97 Å². The average Bonchev–Trinajstić information content (AvgIpc) is 3.43. The Hall–Kier alpha value is -3.15. The maximum Gasteiger partial charge on any atom is 0.371 e. The van der Waals surface area contributed by atoms with Crippen molar-refractivity contribution in [1.29, 1.82) is 0 Å². The van der Waals surface area contributed by atoms with Crippen LogP contribution in [0.4, 0.5) is 0 Å². The fraction of sp³-hybridized carbons (Fsp3) is 0.0455. The number of hydrogen-bond acceptors (Lipinski definition) is 2. The summed E-state index contributed by atoms with van der Waals surface area (Å²) in [5.41, 5.74) is 3.51. The van der Waals surface area contributed by atoms with E-state index in [0.29, 0.717) is 15.8 Å². The van der Waals surface area contributed by atoms with Crippen molar-refractivity contribution in [2.75, 3.05) is 0 Å². The first-order chi connectivity index (χ1) is 14.0. The van der Waals surface area contributed by atoms with E-state index in [0.717, 1.165) is 32.9 Å². The van der Waals surface area contributed by atoms with Crippen LogP contribution in [-0.4, -0.2) is 21.0 Å². The molecule has 5 aromatic rings. The number of rotatable bonds is 4. The molecule has 0 spiro atoms. The highest BCUT2D eigenvalue weighted by atomic mass is 35.5. The Bertz CT molecular complexity index is 1300. The van der Waals surface area contributed by atoms with Gasteiger partial charge in [0.1, 0.15) is 5.76 Å². The van der Waals surface area contributed by atoms with Gasteiger partial charge in [-0.3, -0.25) is 0 Å². The van der Waals surface area contributed by atoms with Gasteiger partial charge in [-0.25, -0.2) is 4.79 Å². The molecule has 0 saturated carbocycles. The summed E-state index contributed by atoms with van der Waals surface area (Å²) in [5.74, 6) is -1.17. The van der Waals surface area contributed by atoms with Gasteiger partial charge in [-0.05, 0) is 47.5 Å². The molecule has 7 heteroatoms. The second kappa shape index (κ2) is 6.72. The number of carboxylic acid groups (broad SMARTS) is 1. The minimum absolute atomic E-state index is 0.123. The van der Waals surface area contributed by atoms with Crippen molar-refractivity contribution >= 4 is 51.0 Å². The molecule has 0 bridgehead atoms. The molecule has 5 rings (SSSR count). The van der Waals surface area contributed by atoms with Gasteiger partial charge in [0.25, 0.3) is 0 Å². The summed E-state index contributed by atoms with van der Waals surface area (Å²) in [6.45, 7) is 0. The second-order valence-electron chi connectivity index (χ2n) is 6.75. The van der Waals surface area contributed by atoms with Crippen LogP contribution in [0.1, 0.15) is 33.4 Å². The first-order valence-corrected chi connectivity index (χ1v) is 9.64. The minimum atomic E-state index is -1.12. The summed E-state index contributed by atoms with van der Waals surface area (Å²) in [7, 11) is 0. The Morgan fingerprint density at radius 2 is 1.41 bits per heavy atom. The zero-order valence-corrected chi connectivity index (χ0v) is 16.4. The fourth-order valence-corrected chi connectivity index (χ4v) is 4.45. The standard InChI is InChI=1S/C22H14Cl2N2O3/c23-13-3-1-5-15-20(13)11(9-25-15)19(17-7-8-18(29-17)22(27)28)12-10-26-16-6-2-4-14(24)21(12)16/h1-10,19,25-26H,(H,27,28). The molecule has 144 valence electrons. The van der Waals surface area contributed by atoms with E-state index in [1.165, 1.54) is 6.07 Å². The summed E-state index contributed by atoms with van der Waals surface area (Å²) in [4.78, 5) is 17.9. The van der Waals surface area contributed by atoms with E-state index in [-0.39, 0.29) is 5.76 Å². The minimum Gasteiger partial charge on any atom is -0.475 e. The zero-order chi connectivity index (χ0) is 20.1. The molecule has 0 unspecified atom stereocenters. The Kier molecular flexibility index (Phi) is 4.15. The molecule has 0 aliphatic heterocycles. The van der Waals surface area contributed by atoms with Crippen molar-refractivity contribution in [2.45, 2.75) is 5.92 Å². The smallest absolute Gasteiger partial charge is 0.371 e. The van der Waals surface area contributed by atoms with Gasteiger partial charge < -0.3 is 19.5 Å². The van der Waals surface area contributed by atoms with Crippen molar-refractivity contribution in [2.24, 2.45) is 0 Å². The third-order valence-electron chi connectivity index (χ3n) is 5.12. The van der Waals surface area contributed by atoms with Gasteiger partial charge in [0.15, 0.2) is 0 Å². The lowest BCUT2D eigenvalue weighted by Gasteiger charge is -2.15. The summed E-state index contributed by atoms with van der Waals surface area (Å²) in [6, 6.07) is 14.4. The number of aromatic carboxylic acids is 1. The number of carbonyl (C=O) groups is 1. The average molecular weight is 425 g/mol. The SMILES string of the molecule is O=C(O)c1ccc(C(c2c[nH]c3cccc(Cl)c23)c2c[nH]c3cccc(Cl)c23)o1. The van der Waals surface area contributed by atoms with Crippen LogP contribution >= 0.6 is 23.2 Å². The van der Waals surface area contributed by atoms with Crippen molar-refractivity contribution in [3.8, 4) is 0 Å². The molecule has 0 radical (unpaired) electrons. The zero-order valence-electron chi connectivity index (χ0n) is 14.9. The molecule has 3 aromatic heterocycles. The number of halogens is 2. The van der Waals surface area contributed by atoms with Crippen molar-refractivity contribution in [3.05, 3.63) is 93.6 Å². The summed E-state index contributed by atoms with van der Waals surface area (Å²) in [5, 5.41) is 12.2. The summed E-state index contributed by atoms with van der Waals surface area (Å²) < 4.78 is 5.72. The number of carboxylic acids is 1. The normalized spacial score (nSPS) is 11.7. The molecule has 3 heterocycles. The number of benzene rings is 2. The van der Waals surface area contributed by atoms with E-state index in [4.69, 9.17) is 27.6 Å². The highest BCUT2D eigenvalue weighted by Gasteiger charge is 2.28. The lowest BCUT2D eigenvalue weighted by molar-refractivity contribution is 0.0660. The van der Waals surface area contributed by atoms with E-state index in [1.54, 1.807) is 6.07 Å². The van der Waals surface area contributed by atoms with Crippen molar-refractivity contribution in [3.63, 3.8) is 0 Å². The number of nitrogens with one attached hydrogen (secondary N) is 2. The maximum absolute atomic E-state index is 11.4. The van der Waals surface area contributed by atoms with E-state index in [2.05, 4.69) is 9.97 Å². The van der Waals surface area contributed by atoms with Crippen LogP contribution in [0.25, 0.3) is 21.8 Å². The fourth-order valence-electron chi connectivity index (χ4n) is 3.88. The van der Waals surface area contributed by atoms with E-state index < -0.39 is 11.9 Å². The van der Waals surface area contributed by atoms with Crippen LogP contribution < -0.4 is 0 Å². The van der Waals surface area contributed by atoms with Crippen LogP contribution in [0.5, 0.6) is 0 Å². The molecule has 29 heavy (non-hydrogen) atoms. The number of aromatic amines is 2. The third kappa shape index (κ3) is 2.82. The van der Waals surface area contributed by atoms with Gasteiger partial charge in [-0.15, -0.1) is 0 Å². The Morgan fingerprint density at radius 3 is 1.90 bits per heavy atom. The number of H-pyrrole nitrogens is 2. The van der Waals surface area contributed by atoms with Crippen LogP contribution in [0.3, 0.4) is 0 Å². The molecule has 0 saturated heterocycles. The molecule has 0 amide bonds. The van der Waals surface area contributed by atoms with Crippen LogP contribution in [0.2, 0.25) is 10.0 Å². The van der Waals surface area contributed by atoms with Crippen molar-refractivity contribution < 1.29 is 14.3 Å². The highest BCUT2D eigenvalue weighted by Crippen LogP contribution is 2.43. The number of furan rings is 1. The predicted octanol–water partition coefficient (Wildman–Crippen LogP) is 6.43. The monoisotopic (exact) mass is 424 g/mol. The van der Waals surface area contributed by atoms with Crippen LogP contribution in [0, 0.1) is 0 Å². The molecule has 3 N–H and O–H groups in total. The molecule has 0 aliphatic carbocycles. The van der Waals surface area contributed by atoms with E-state index >= 15 is 0 Å². The van der Waals surface area contributed by atoms with Crippen LogP contribution in [0.15, 0.2) is 65.3 Å². The number of fused-ring (bicyclic) bond motifs is 2. The van der Waals surface area contributed by atoms with E-state index in [9.17, 15) is 9.90 Å². The van der Waals surface area contributed by atoms with Crippen molar-refractivity contribution in [1.82, 2.24) is 9.97 Å².